The number of nitrogens with zero attached hydrogens (tertiary/aromatic N) is 3. The van der Waals surface area contributed by atoms with E-state index in [1.54, 1.807) is 0 Å². The monoisotopic (exact) mass is 323 g/mol. The molecule has 0 amide bonds. The molecule has 3 rings (SSSR count). The summed E-state index contributed by atoms with van der Waals surface area (Å²) < 4.78 is 5.23. The Morgan fingerprint density at radius 2 is 2.24 bits per heavy atom. The van der Waals surface area contributed by atoms with Crippen molar-refractivity contribution in [2.45, 2.75) is 25.3 Å². The van der Waals surface area contributed by atoms with Crippen LogP contribution in [0.25, 0.3) is 0 Å². The van der Waals surface area contributed by atoms with Crippen molar-refractivity contribution in [1.82, 2.24) is 9.97 Å². The van der Waals surface area contributed by atoms with Gasteiger partial charge >= 0.3 is 0 Å². The van der Waals surface area contributed by atoms with Crippen LogP contribution in [-0.2, 0) is 4.79 Å². The number of thioether (sulfide) groups is 1. The van der Waals surface area contributed by atoms with E-state index in [1.165, 1.54) is 25.2 Å². The van der Waals surface area contributed by atoms with E-state index in [0.717, 1.165) is 16.2 Å². The minimum absolute atomic E-state index is 0.262. The highest BCUT2D eigenvalue weighted by Crippen LogP contribution is 2.52. The molecule has 0 unspecified atom stereocenters. The van der Waals surface area contributed by atoms with Gasteiger partial charge in [-0.15, -0.1) is 0 Å². The predicted octanol–water partition coefficient (Wildman–Crippen LogP) is 3.36. The highest BCUT2D eigenvalue weighted by molar-refractivity contribution is 8.04. The molecule has 7 heteroatoms. The third kappa shape index (κ3) is 2.26. The summed E-state index contributed by atoms with van der Waals surface area (Å²) in [7, 11) is 1.54. The molecule has 1 aromatic rings. The molecule has 1 aliphatic heterocycles. The Labute approximate surface area is 131 Å². The topological polar surface area (TPSA) is 64.4 Å². The fourth-order valence-electron chi connectivity index (χ4n) is 2.60. The molecule has 1 aromatic heterocycles. The van der Waals surface area contributed by atoms with E-state index in [0.29, 0.717) is 28.7 Å². The van der Waals surface area contributed by atoms with Gasteiger partial charge in [0.05, 0.1) is 23.6 Å². The molecule has 0 spiro atoms. The molecule has 0 bridgehead atoms. The first-order chi connectivity index (χ1) is 9.97. The highest BCUT2D eigenvalue weighted by atomic mass is 35.5. The average molecular weight is 324 g/mol. The van der Waals surface area contributed by atoms with Crippen LogP contribution in [0.4, 0.5) is 5.69 Å². The molecule has 2 heterocycles. The zero-order chi connectivity index (χ0) is 15.2. The van der Waals surface area contributed by atoms with E-state index in [-0.39, 0.29) is 11.3 Å². The van der Waals surface area contributed by atoms with Crippen LogP contribution >= 0.6 is 23.4 Å². The van der Waals surface area contributed by atoms with Gasteiger partial charge in [0.2, 0.25) is 5.88 Å². The molecule has 2 aliphatic rings. The number of hydrogen-bond acceptors (Lipinski definition) is 6. The maximum Gasteiger partial charge on any atom is 0.244 e. The van der Waals surface area contributed by atoms with E-state index in [2.05, 4.69) is 15.0 Å². The molecule has 0 saturated carbocycles. The lowest BCUT2D eigenvalue weighted by atomic mass is 9.71. The number of methoxy groups -OCH3 is 1. The zero-order valence-corrected chi connectivity index (χ0v) is 13.5. The number of aldehydes is 1. The van der Waals surface area contributed by atoms with Gasteiger partial charge in [0.25, 0.3) is 0 Å². The van der Waals surface area contributed by atoms with Crippen LogP contribution in [0.1, 0.15) is 20.3 Å². The quantitative estimate of drug-likeness (QED) is 0.617. The molecule has 0 aromatic carbocycles. The Hall–Kier alpha value is -1.40. The van der Waals surface area contributed by atoms with Crippen molar-refractivity contribution in [3.63, 3.8) is 0 Å². The largest absolute Gasteiger partial charge is 0.479 e. The van der Waals surface area contributed by atoms with Crippen LogP contribution in [0.5, 0.6) is 5.88 Å². The molecular formula is C14H14ClN3O2S. The van der Waals surface area contributed by atoms with Crippen molar-refractivity contribution in [3.8, 4) is 5.88 Å². The first-order valence-electron chi connectivity index (χ1n) is 6.47. The smallest absolute Gasteiger partial charge is 0.244 e. The Morgan fingerprint density at radius 1 is 1.48 bits per heavy atom. The average Bonchev–Trinajstić information content (AvgIpc) is 2.44. The summed E-state index contributed by atoms with van der Waals surface area (Å²) in [6.45, 7) is 4.04. The van der Waals surface area contributed by atoms with Gasteiger partial charge in [0.15, 0.2) is 5.69 Å². The maximum absolute atomic E-state index is 11.6. The standard InChI is InChI=1S/C14H14ClN3O2S/c1-14(2)4-8(15)11-9(7(14)5-19)18-10-12(20-3)16-6-17-13(10)21-11/h5-7H,4H2,1-3H3/t7-/m1/s1. The Kier molecular flexibility index (Phi) is 3.53. The van der Waals surface area contributed by atoms with E-state index < -0.39 is 0 Å². The summed E-state index contributed by atoms with van der Waals surface area (Å²) in [5, 5.41) is 1.42. The van der Waals surface area contributed by atoms with Crippen LogP contribution in [0, 0.1) is 11.3 Å². The van der Waals surface area contributed by atoms with Crippen molar-refractivity contribution < 1.29 is 9.53 Å². The van der Waals surface area contributed by atoms with Crippen molar-refractivity contribution in [3.05, 3.63) is 16.3 Å². The third-order valence-electron chi connectivity index (χ3n) is 3.74. The van der Waals surface area contributed by atoms with E-state index in [1.807, 2.05) is 13.8 Å². The van der Waals surface area contributed by atoms with E-state index in [9.17, 15) is 4.79 Å². The highest BCUT2D eigenvalue weighted by Gasteiger charge is 2.43. The van der Waals surface area contributed by atoms with E-state index >= 15 is 0 Å². The van der Waals surface area contributed by atoms with Gasteiger partial charge < -0.3 is 9.53 Å². The summed E-state index contributed by atoms with van der Waals surface area (Å²) in [4.78, 5) is 25.3. The number of halogens is 1. The van der Waals surface area contributed by atoms with Crippen molar-refractivity contribution in [1.29, 1.82) is 0 Å². The molecule has 1 atom stereocenters. The molecule has 5 nitrogen and oxygen atoms in total. The summed E-state index contributed by atoms with van der Waals surface area (Å²) in [5.74, 6) is 0.101. The molecule has 0 radical (unpaired) electrons. The number of hydrogen-bond donors (Lipinski definition) is 0. The van der Waals surface area contributed by atoms with Crippen LogP contribution in [0.2, 0.25) is 0 Å². The second-order valence-electron chi connectivity index (χ2n) is 5.65. The van der Waals surface area contributed by atoms with Gasteiger partial charge in [-0.1, -0.05) is 37.2 Å². The van der Waals surface area contributed by atoms with E-state index in [4.69, 9.17) is 16.3 Å². The number of ether oxygens (including phenoxy) is 1. The number of aliphatic imine (C=N–C) groups is 1. The minimum atomic E-state index is -0.305. The Bertz CT molecular complexity index is 685. The normalized spacial score (nSPS) is 23.0. The van der Waals surface area contributed by atoms with Gasteiger partial charge in [-0.05, 0) is 11.8 Å². The second-order valence-corrected chi connectivity index (χ2v) is 7.10. The number of aromatic nitrogens is 2. The molecule has 21 heavy (non-hydrogen) atoms. The molecule has 1 aliphatic carbocycles. The maximum atomic E-state index is 11.6. The fraction of sp³-hybridized carbons (Fsp3) is 0.429. The lowest BCUT2D eigenvalue weighted by Gasteiger charge is -2.38. The van der Waals surface area contributed by atoms with Crippen molar-refractivity contribution >= 4 is 41.0 Å². The van der Waals surface area contributed by atoms with Crippen LogP contribution < -0.4 is 4.74 Å². The second kappa shape index (κ2) is 5.10. The van der Waals surface area contributed by atoms with Gasteiger partial charge in [-0.25, -0.2) is 9.98 Å². The number of carbonyl (C=O) groups is 1. The third-order valence-corrected chi connectivity index (χ3v) is 5.33. The number of fused-ring (bicyclic) bond motifs is 2. The number of allylic oxidation sites excluding steroid dienone is 2. The molecule has 110 valence electrons. The van der Waals surface area contributed by atoms with Gasteiger partial charge in [-0.3, -0.25) is 0 Å². The first kappa shape index (κ1) is 14.5. The van der Waals surface area contributed by atoms with Gasteiger partial charge in [0, 0.05) is 5.03 Å². The molecule has 0 saturated heterocycles. The van der Waals surface area contributed by atoms with Crippen LogP contribution in [0.3, 0.4) is 0 Å². The van der Waals surface area contributed by atoms with Crippen LogP contribution in [0.15, 0.2) is 26.3 Å². The summed E-state index contributed by atoms with van der Waals surface area (Å²) >= 11 is 7.85. The lowest BCUT2D eigenvalue weighted by Crippen LogP contribution is -2.37. The summed E-state index contributed by atoms with van der Waals surface area (Å²) in [6.07, 6.45) is 3.03. The fourth-order valence-corrected chi connectivity index (χ4v) is 4.14. The predicted molar refractivity (Wildman–Crippen MR) is 82.4 cm³/mol. The van der Waals surface area contributed by atoms with Crippen molar-refractivity contribution in [2.75, 3.05) is 7.11 Å². The SMILES string of the molecule is COc1ncnc2c1N=C1C(=C(Cl)CC(C)(C)[C@@H]1C=O)S2. The van der Waals surface area contributed by atoms with Crippen LogP contribution in [-0.4, -0.2) is 29.1 Å². The van der Waals surface area contributed by atoms with Gasteiger partial charge in [-0.2, -0.15) is 4.98 Å². The first-order valence-corrected chi connectivity index (χ1v) is 7.67. The van der Waals surface area contributed by atoms with Crippen molar-refractivity contribution in [2.24, 2.45) is 16.3 Å². The lowest BCUT2D eigenvalue weighted by molar-refractivity contribution is -0.111. The summed E-state index contributed by atoms with van der Waals surface area (Å²) in [5.41, 5.74) is 0.997. The van der Waals surface area contributed by atoms with Gasteiger partial charge in [0.1, 0.15) is 17.6 Å². The molecule has 0 N–H and O–H groups in total. The minimum Gasteiger partial charge on any atom is -0.479 e. The molecular weight excluding hydrogens is 310 g/mol. The Balaban J connectivity index is 2.23. The zero-order valence-electron chi connectivity index (χ0n) is 11.9. The molecule has 0 fully saturated rings. The Morgan fingerprint density at radius 3 is 2.90 bits per heavy atom. The summed E-state index contributed by atoms with van der Waals surface area (Å²) in [6, 6.07) is 0. The number of carbonyl (C=O) groups excluding carboxylic acids is 1. The number of rotatable bonds is 2.